The molecule has 0 amide bonds. The number of unbranched alkanes of at least 4 members (excludes halogenated alkanes) is 8. The second-order valence-corrected chi connectivity index (χ2v) is 18.5. The van der Waals surface area contributed by atoms with Crippen LogP contribution in [0.4, 0.5) is 11.4 Å². The fourth-order valence-corrected chi connectivity index (χ4v) is 7.33. The van der Waals surface area contributed by atoms with Crippen molar-refractivity contribution in [3.8, 4) is 0 Å². The van der Waals surface area contributed by atoms with Crippen LogP contribution >= 0.6 is 0 Å². The van der Waals surface area contributed by atoms with Gasteiger partial charge in [-0.2, -0.15) is 0 Å². The molecule has 2 aromatic carbocycles. The Bertz CT molecular complexity index is 1550. The molecule has 2 atom stereocenters. The lowest BCUT2D eigenvalue weighted by atomic mass is 10.0. The van der Waals surface area contributed by atoms with Gasteiger partial charge in [0.05, 0.1) is 24.7 Å². The summed E-state index contributed by atoms with van der Waals surface area (Å²) < 4.78 is 49.7. The van der Waals surface area contributed by atoms with Crippen LogP contribution in [0.2, 0.25) is 0 Å². The number of aliphatic carboxylic acids is 2. The summed E-state index contributed by atoms with van der Waals surface area (Å²) in [5.74, 6) is -2.51. The number of hydrogen-bond donors (Lipinski definition) is 6. The van der Waals surface area contributed by atoms with E-state index < -0.39 is 44.2 Å². The molecule has 6 N–H and O–H groups in total. The molecule has 0 aliphatic heterocycles. The summed E-state index contributed by atoms with van der Waals surface area (Å²) in [7, 11) is -6.54. The molecule has 2 rings (SSSR count). The number of hydrogen-bond acceptors (Lipinski definition) is 10. The number of aliphatic hydroxyl groups excluding tert-OH is 2. The molecule has 0 spiro atoms. The first-order chi connectivity index (χ1) is 28.3. The van der Waals surface area contributed by atoms with Gasteiger partial charge in [-0.25, -0.2) is 26.4 Å². The predicted octanol–water partition coefficient (Wildman–Crippen LogP) is 8.04. The number of aliphatic hydroxyl groups is 2. The van der Waals surface area contributed by atoms with Crippen molar-refractivity contribution in [3.63, 3.8) is 0 Å². The van der Waals surface area contributed by atoms with Crippen molar-refractivity contribution in [1.82, 2.24) is 9.80 Å². The number of nitrogens with zero attached hydrogens (tertiary/aromatic N) is 2. The van der Waals surface area contributed by atoms with Gasteiger partial charge in [-0.15, -0.1) is 0 Å². The van der Waals surface area contributed by atoms with E-state index in [2.05, 4.69) is 46.9 Å². The molecule has 0 saturated carbocycles. The van der Waals surface area contributed by atoms with E-state index in [0.29, 0.717) is 36.4 Å². The van der Waals surface area contributed by atoms with Crippen LogP contribution in [0.5, 0.6) is 0 Å². The van der Waals surface area contributed by atoms with E-state index in [1.807, 2.05) is 0 Å². The standard InChI is InChI=1S/2C20H36N2O3S.C4H4O4/c2*1-4-6-7-8-9-16-22(5-2)17-10-11-20(23)18-12-14-19(15-13-18)21-26(3,24)25;5-3(6)1-2-4(7)8/h2*12-15,20-21,23H,4-11,16-17H2,1-3H3;1-2H,(H,5,6)(H,7,8)/b;;2-1-. The number of carbonyl (C=O) groups is 2. The van der Waals surface area contributed by atoms with E-state index in [4.69, 9.17) is 10.2 Å². The molecule has 0 bridgehead atoms. The monoisotopic (exact) mass is 885 g/mol. The summed E-state index contributed by atoms with van der Waals surface area (Å²) in [6, 6.07) is 13.9. The van der Waals surface area contributed by atoms with E-state index in [-0.39, 0.29) is 0 Å². The third kappa shape index (κ3) is 32.3. The lowest BCUT2D eigenvalue weighted by molar-refractivity contribution is -0.134. The van der Waals surface area contributed by atoms with Crippen LogP contribution in [-0.4, -0.2) is 111 Å². The summed E-state index contributed by atoms with van der Waals surface area (Å²) in [6.07, 6.45) is 18.7. The molecule has 0 radical (unpaired) electrons. The number of benzene rings is 2. The SMILES string of the molecule is CCCCCCCN(CC)CCCC(O)c1ccc(NS(C)(=O)=O)cc1.CCCCCCCN(CC)CCCC(O)c1ccc(NS(C)(=O)=O)cc1.O=C(O)/C=C\C(=O)O. The molecule has 60 heavy (non-hydrogen) atoms. The molecule has 0 saturated heterocycles. The zero-order valence-electron chi connectivity index (χ0n) is 37.0. The first-order valence-electron chi connectivity index (χ1n) is 21.4. The second-order valence-electron chi connectivity index (χ2n) is 15.0. The molecule has 14 nitrogen and oxygen atoms in total. The summed E-state index contributed by atoms with van der Waals surface area (Å²) in [5.41, 5.74) is 2.69. The highest BCUT2D eigenvalue weighted by Gasteiger charge is 2.12. The van der Waals surface area contributed by atoms with Crippen LogP contribution in [-0.2, 0) is 29.6 Å². The van der Waals surface area contributed by atoms with E-state index in [1.165, 1.54) is 64.2 Å². The first kappa shape index (κ1) is 56.5. The van der Waals surface area contributed by atoms with Gasteiger partial charge in [0.2, 0.25) is 20.0 Å². The average molecular weight is 885 g/mol. The highest BCUT2D eigenvalue weighted by Crippen LogP contribution is 2.22. The topological polar surface area (TPSA) is 214 Å². The van der Waals surface area contributed by atoms with Crippen molar-refractivity contribution in [2.75, 3.05) is 61.2 Å². The molecule has 16 heteroatoms. The van der Waals surface area contributed by atoms with Crippen LogP contribution in [0.15, 0.2) is 60.7 Å². The van der Waals surface area contributed by atoms with Crippen molar-refractivity contribution in [1.29, 1.82) is 0 Å². The molecule has 0 fully saturated rings. The zero-order valence-corrected chi connectivity index (χ0v) is 38.7. The highest BCUT2D eigenvalue weighted by atomic mass is 32.2. The Morgan fingerprint density at radius 3 is 1.10 bits per heavy atom. The molecule has 2 unspecified atom stereocenters. The molecular weight excluding hydrogens is 809 g/mol. The minimum absolute atomic E-state index is 0.509. The van der Waals surface area contributed by atoms with E-state index >= 15 is 0 Å². The van der Waals surface area contributed by atoms with Crippen LogP contribution in [0.25, 0.3) is 0 Å². The number of carboxylic acids is 2. The number of anilines is 2. The Kier molecular flexibility index (Phi) is 31.2. The van der Waals surface area contributed by atoms with E-state index in [9.17, 15) is 36.6 Å². The van der Waals surface area contributed by atoms with Crippen molar-refractivity contribution >= 4 is 43.4 Å². The van der Waals surface area contributed by atoms with Gasteiger partial charge in [-0.3, -0.25) is 9.44 Å². The molecule has 344 valence electrons. The maximum atomic E-state index is 11.2. The minimum atomic E-state index is -3.27. The lowest BCUT2D eigenvalue weighted by Gasteiger charge is -2.21. The molecule has 2 aromatic rings. The van der Waals surface area contributed by atoms with Gasteiger partial charge in [0, 0.05) is 23.5 Å². The van der Waals surface area contributed by atoms with E-state index in [1.54, 1.807) is 48.5 Å². The van der Waals surface area contributed by atoms with Gasteiger partial charge in [0.1, 0.15) is 0 Å². The number of carboxylic acid groups (broad SMARTS) is 2. The van der Waals surface area contributed by atoms with Crippen LogP contribution in [0, 0.1) is 0 Å². The number of nitrogens with one attached hydrogen (secondary N) is 2. The van der Waals surface area contributed by atoms with Crippen molar-refractivity contribution in [3.05, 3.63) is 71.8 Å². The Hall–Kier alpha value is -3.54. The summed E-state index contributed by atoms with van der Waals surface area (Å²) in [4.78, 5) is 24.0. The number of sulfonamides is 2. The minimum Gasteiger partial charge on any atom is -0.478 e. The first-order valence-corrected chi connectivity index (χ1v) is 25.2. The van der Waals surface area contributed by atoms with Gasteiger partial charge in [0.15, 0.2) is 0 Å². The van der Waals surface area contributed by atoms with Gasteiger partial charge in [-0.05, 0) is 113 Å². The Morgan fingerprint density at radius 2 is 0.833 bits per heavy atom. The van der Waals surface area contributed by atoms with Gasteiger partial charge in [-0.1, -0.05) is 103 Å². The molecule has 0 aliphatic carbocycles. The molecule has 0 heterocycles. The Morgan fingerprint density at radius 1 is 0.533 bits per heavy atom. The quantitative estimate of drug-likeness (QED) is 0.0325. The second kappa shape index (κ2) is 33.1. The Balaban J connectivity index is 0.000000982. The highest BCUT2D eigenvalue weighted by molar-refractivity contribution is 7.92. The van der Waals surface area contributed by atoms with Gasteiger partial charge >= 0.3 is 11.9 Å². The zero-order chi connectivity index (χ0) is 45.4. The normalized spacial score (nSPS) is 12.6. The lowest BCUT2D eigenvalue weighted by Crippen LogP contribution is -2.26. The predicted molar refractivity (Wildman–Crippen MR) is 244 cm³/mol. The maximum Gasteiger partial charge on any atom is 0.328 e. The third-order valence-corrected chi connectivity index (χ3v) is 10.7. The van der Waals surface area contributed by atoms with Crippen molar-refractivity contribution < 1.29 is 46.9 Å². The summed E-state index contributed by atoms with van der Waals surface area (Å²) in [6.45, 7) is 15.3. The summed E-state index contributed by atoms with van der Waals surface area (Å²) in [5, 5.41) is 36.3. The number of rotatable bonds is 30. The van der Waals surface area contributed by atoms with Crippen LogP contribution in [0.1, 0.15) is 141 Å². The molecule has 0 aliphatic rings. The molecular formula is C44H76N4O10S2. The summed E-state index contributed by atoms with van der Waals surface area (Å²) >= 11 is 0. The molecule has 0 aromatic heterocycles. The largest absolute Gasteiger partial charge is 0.478 e. The van der Waals surface area contributed by atoms with Gasteiger partial charge < -0.3 is 30.2 Å². The van der Waals surface area contributed by atoms with Crippen LogP contribution in [0.3, 0.4) is 0 Å². The van der Waals surface area contributed by atoms with E-state index in [0.717, 1.165) is 75.7 Å². The fraction of sp³-hybridized carbons (Fsp3) is 0.636. The average Bonchev–Trinajstić information content (AvgIpc) is 3.18. The van der Waals surface area contributed by atoms with Gasteiger partial charge in [0.25, 0.3) is 0 Å². The van der Waals surface area contributed by atoms with Crippen molar-refractivity contribution in [2.24, 2.45) is 0 Å². The Labute approximate surface area is 361 Å². The maximum absolute atomic E-state index is 11.2. The smallest absolute Gasteiger partial charge is 0.328 e. The fourth-order valence-electron chi connectivity index (χ4n) is 6.20. The third-order valence-electron chi connectivity index (χ3n) is 9.52. The van der Waals surface area contributed by atoms with Crippen LogP contribution < -0.4 is 9.44 Å². The van der Waals surface area contributed by atoms with Crippen molar-refractivity contribution in [2.45, 2.75) is 130 Å².